The van der Waals surface area contributed by atoms with E-state index in [2.05, 4.69) is 0 Å². The number of ketones is 1. The Hall–Kier alpha value is -3.52. The number of hydrogen-bond acceptors (Lipinski definition) is 7. The molecule has 34 heavy (non-hydrogen) atoms. The molecule has 3 rings (SSSR count). The second kappa shape index (κ2) is 10.6. The Kier molecular flexibility index (Phi) is 7.83. The highest BCUT2D eigenvalue weighted by Gasteiger charge is 2.47. The van der Waals surface area contributed by atoms with Crippen molar-refractivity contribution in [2.24, 2.45) is 0 Å². The summed E-state index contributed by atoms with van der Waals surface area (Å²) in [6.07, 6.45) is 0.657. The Labute approximate surface area is 200 Å². The summed E-state index contributed by atoms with van der Waals surface area (Å²) >= 11 is 0. The first-order chi connectivity index (χ1) is 16.2. The van der Waals surface area contributed by atoms with Gasteiger partial charge >= 0.3 is 0 Å². The standard InChI is InChI=1S/C26H32N2O6/c1-16-14-17(32-4)8-10-19(16)24(29)22-23(20-15-18(33-5)9-11-21(20)34-6)28(26(31)25(22)30)13-7-12-27(2)3/h8-11,14-15,23,29H,7,12-13H2,1-6H3/t23-/m0/s1. The molecule has 0 bridgehead atoms. The van der Waals surface area contributed by atoms with Crippen LogP contribution in [0.1, 0.15) is 29.2 Å². The van der Waals surface area contributed by atoms with E-state index in [9.17, 15) is 14.7 Å². The molecule has 0 radical (unpaired) electrons. The van der Waals surface area contributed by atoms with Gasteiger partial charge in [-0.25, -0.2) is 0 Å². The summed E-state index contributed by atoms with van der Waals surface area (Å²) in [6.45, 7) is 2.89. The summed E-state index contributed by atoms with van der Waals surface area (Å²) in [5, 5.41) is 11.4. The molecule has 0 aliphatic carbocycles. The van der Waals surface area contributed by atoms with Gasteiger partial charge in [-0.15, -0.1) is 0 Å². The minimum absolute atomic E-state index is 0.0228. The molecular formula is C26H32N2O6. The van der Waals surface area contributed by atoms with Gasteiger partial charge in [0.05, 0.1) is 32.9 Å². The molecule has 1 N–H and O–H groups in total. The van der Waals surface area contributed by atoms with Crippen LogP contribution in [0.4, 0.5) is 0 Å². The van der Waals surface area contributed by atoms with Crippen molar-refractivity contribution in [3.63, 3.8) is 0 Å². The van der Waals surface area contributed by atoms with E-state index in [0.717, 1.165) is 6.54 Å². The quantitative estimate of drug-likeness (QED) is 0.343. The predicted octanol–water partition coefficient (Wildman–Crippen LogP) is 3.39. The zero-order valence-corrected chi connectivity index (χ0v) is 20.5. The first-order valence-corrected chi connectivity index (χ1v) is 11.0. The van der Waals surface area contributed by atoms with Crippen molar-refractivity contribution in [1.29, 1.82) is 0 Å². The van der Waals surface area contributed by atoms with E-state index in [1.165, 1.54) is 12.0 Å². The average molecular weight is 469 g/mol. The molecule has 0 unspecified atom stereocenters. The molecule has 182 valence electrons. The number of aliphatic hydroxyl groups excluding tert-OH is 1. The molecule has 1 aliphatic heterocycles. The van der Waals surface area contributed by atoms with Crippen LogP contribution in [0.15, 0.2) is 42.0 Å². The molecule has 8 nitrogen and oxygen atoms in total. The Morgan fingerprint density at radius 2 is 1.65 bits per heavy atom. The fourth-order valence-corrected chi connectivity index (χ4v) is 4.22. The van der Waals surface area contributed by atoms with Crippen molar-refractivity contribution in [3.8, 4) is 17.2 Å². The van der Waals surface area contributed by atoms with Crippen LogP contribution in [0, 0.1) is 6.92 Å². The van der Waals surface area contributed by atoms with Crippen molar-refractivity contribution in [3.05, 3.63) is 58.7 Å². The fourth-order valence-electron chi connectivity index (χ4n) is 4.22. The summed E-state index contributed by atoms with van der Waals surface area (Å²) in [7, 11) is 8.52. The van der Waals surface area contributed by atoms with E-state index >= 15 is 0 Å². The van der Waals surface area contributed by atoms with Gasteiger partial charge in [-0.3, -0.25) is 9.59 Å². The summed E-state index contributed by atoms with van der Waals surface area (Å²) in [5.41, 5.74) is 1.76. The highest BCUT2D eigenvalue weighted by molar-refractivity contribution is 6.46. The van der Waals surface area contributed by atoms with Crippen LogP contribution in [0.3, 0.4) is 0 Å². The number of nitrogens with zero attached hydrogens (tertiary/aromatic N) is 2. The van der Waals surface area contributed by atoms with Crippen LogP contribution in [0.2, 0.25) is 0 Å². The van der Waals surface area contributed by atoms with Crippen LogP contribution in [-0.4, -0.2) is 75.1 Å². The molecule has 2 aromatic rings. The van der Waals surface area contributed by atoms with Crippen LogP contribution in [0.25, 0.3) is 5.76 Å². The number of hydrogen-bond donors (Lipinski definition) is 1. The van der Waals surface area contributed by atoms with Crippen molar-refractivity contribution < 1.29 is 28.9 Å². The first kappa shape index (κ1) is 25.1. The number of ether oxygens (including phenoxy) is 3. The number of carbonyl (C=O) groups is 2. The van der Waals surface area contributed by atoms with Crippen molar-refractivity contribution in [1.82, 2.24) is 9.80 Å². The third-order valence-corrected chi connectivity index (χ3v) is 5.96. The smallest absolute Gasteiger partial charge is 0.295 e. The lowest BCUT2D eigenvalue weighted by Crippen LogP contribution is -2.32. The zero-order chi connectivity index (χ0) is 25.0. The van der Waals surface area contributed by atoms with Gasteiger partial charge in [-0.1, -0.05) is 0 Å². The van der Waals surface area contributed by atoms with E-state index < -0.39 is 17.7 Å². The molecule has 1 aliphatic rings. The van der Waals surface area contributed by atoms with E-state index in [4.69, 9.17) is 14.2 Å². The molecule has 1 atom stereocenters. The molecule has 0 aromatic heterocycles. The van der Waals surface area contributed by atoms with Gasteiger partial charge in [-0.2, -0.15) is 0 Å². The van der Waals surface area contributed by atoms with E-state index in [1.54, 1.807) is 50.6 Å². The molecule has 1 saturated heterocycles. The average Bonchev–Trinajstić information content (AvgIpc) is 3.07. The monoisotopic (exact) mass is 468 g/mol. The Balaban J connectivity index is 2.22. The summed E-state index contributed by atoms with van der Waals surface area (Å²) in [6, 6.07) is 9.54. The molecule has 8 heteroatoms. The minimum Gasteiger partial charge on any atom is -0.507 e. The van der Waals surface area contributed by atoms with Crippen LogP contribution >= 0.6 is 0 Å². The van der Waals surface area contributed by atoms with Gasteiger partial charge in [0.15, 0.2) is 0 Å². The number of Topliss-reactive ketones (excluding diaryl/α,β-unsaturated/α-hetero) is 1. The van der Waals surface area contributed by atoms with Gasteiger partial charge in [-0.05, 0) is 75.9 Å². The Morgan fingerprint density at radius 3 is 2.24 bits per heavy atom. The maximum atomic E-state index is 13.3. The van der Waals surface area contributed by atoms with Gasteiger partial charge in [0.1, 0.15) is 23.0 Å². The van der Waals surface area contributed by atoms with Gasteiger partial charge < -0.3 is 29.1 Å². The first-order valence-electron chi connectivity index (χ1n) is 11.0. The Morgan fingerprint density at radius 1 is 1.00 bits per heavy atom. The molecular weight excluding hydrogens is 436 g/mol. The van der Waals surface area contributed by atoms with Gasteiger partial charge in [0.2, 0.25) is 0 Å². The number of aliphatic hydroxyl groups is 1. The summed E-state index contributed by atoms with van der Waals surface area (Å²) in [5.74, 6) is 0.0550. The molecule has 1 amide bonds. The third-order valence-electron chi connectivity index (χ3n) is 5.96. The largest absolute Gasteiger partial charge is 0.507 e. The highest BCUT2D eigenvalue weighted by Crippen LogP contribution is 2.44. The normalized spacial score (nSPS) is 17.4. The van der Waals surface area contributed by atoms with Gasteiger partial charge in [0, 0.05) is 17.7 Å². The number of amides is 1. The van der Waals surface area contributed by atoms with E-state index in [1.807, 2.05) is 25.9 Å². The molecule has 1 fully saturated rings. The maximum Gasteiger partial charge on any atom is 0.295 e. The van der Waals surface area contributed by atoms with Crippen LogP contribution in [-0.2, 0) is 9.59 Å². The van der Waals surface area contributed by atoms with Crippen LogP contribution in [0.5, 0.6) is 17.2 Å². The van der Waals surface area contributed by atoms with Crippen molar-refractivity contribution in [2.75, 3.05) is 48.5 Å². The minimum atomic E-state index is -0.825. The van der Waals surface area contributed by atoms with Crippen LogP contribution < -0.4 is 14.2 Å². The SMILES string of the molecule is COc1ccc(C(O)=C2C(=O)C(=O)N(CCCN(C)C)[C@H]2c2cc(OC)ccc2OC)c(C)c1. The predicted molar refractivity (Wildman–Crippen MR) is 129 cm³/mol. The number of likely N-dealkylation sites (tertiary alicyclic amines) is 1. The van der Waals surface area contributed by atoms with Crippen molar-refractivity contribution >= 4 is 17.4 Å². The molecule has 0 spiro atoms. The summed E-state index contributed by atoms with van der Waals surface area (Å²) in [4.78, 5) is 30.0. The number of benzene rings is 2. The second-order valence-corrected chi connectivity index (χ2v) is 8.44. The third kappa shape index (κ3) is 4.87. The fraction of sp³-hybridized carbons (Fsp3) is 0.385. The second-order valence-electron chi connectivity index (χ2n) is 8.44. The summed E-state index contributed by atoms with van der Waals surface area (Å²) < 4.78 is 16.2. The Bertz CT molecular complexity index is 1110. The van der Waals surface area contributed by atoms with Gasteiger partial charge in [0.25, 0.3) is 11.7 Å². The number of rotatable bonds is 9. The molecule has 0 saturated carbocycles. The lowest BCUT2D eigenvalue weighted by atomic mass is 9.93. The maximum absolute atomic E-state index is 13.3. The number of methoxy groups -OCH3 is 3. The zero-order valence-electron chi connectivity index (χ0n) is 20.5. The molecule has 2 aromatic carbocycles. The van der Waals surface area contributed by atoms with E-state index in [-0.39, 0.29) is 11.3 Å². The highest BCUT2D eigenvalue weighted by atomic mass is 16.5. The topological polar surface area (TPSA) is 88.5 Å². The van der Waals surface area contributed by atoms with Crippen molar-refractivity contribution in [2.45, 2.75) is 19.4 Å². The number of carbonyl (C=O) groups excluding carboxylic acids is 2. The van der Waals surface area contributed by atoms with E-state index in [0.29, 0.717) is 46.9 Å². The molecule has 1 heterocycles. The number of aryl methyl sites for hydroxylation is 1. The lowest BCUT2D eigenvalue weighted by molar-refractivity contribution is -0.140. The lowest BCUT2D eigenvalue weighted by Gasteiger charge is -2.27.